The molecule has 0 radical (unpaired) electrons. The maximum Gasteiger partial charge on any atom is 0.0110 e. The van der Waals surface area contributed by atoms with Crippen LogP contribution in [0.1, 0.15) is 27.2 Å². The number of rotatable bonds is 5. The lowest BCUT2D eigenvalue weighted by atomic mass is 9.96. The molecule has 1 aliphatic rings. The molecule has 17 heavy (non-hydrogen) atoms. The van der Waals surface area contributed by atoms with E-state index in [0.717, 1.165) is 0 Å². The molecule has 0 aromatic heterocycles. The lowest BCUT2D eigenvalue weighted by Gasteiger charge is -2.37. The van der Waals surface area contributed by atoms with Gasteiger partial charge in [0.1, 0.15) is 0 Å². The van der Waals surface area contributed by atoms with Crippen molar-refractivity contribution in [2.75, 3.05) is 58.8 Å². The van der Waals surface area contributed by atoms with Crippen LogP contribution in [0.3, 0.4) is 0 Å². The van der Waals surface area contributed by atoms with E-state index in [1.165, 1.54) is 51.9 Å². The van der Waals surface area contributed by atoms with Crippen molar-refractivity contribution in [1.29, 1.82) is 0 Å². The van der Waals surface area contributed by atoms with Crippen molar-refractivity contribution in [2.45, 2.75) is 27.2 Å². The molecule has 2 nitrogen and oxygen atoms in total. The van der Waals surface area contributed by atoms with Gasteiger partial charge >= 0.3 is 0 Å². The van der Waals surface area contributed by atoms with Gasteiger partial charge in [-0.1, -0.05) is 20.8 Å². The Hall–Kier alpha value is 0.350. The summed E-state index contributed by atoms with van der Waals surface area (Å²) < 4.78 is 0. The van der Waals surface area contributed by atoms with Crippen molar-refractivity contribution < 1.29 is 0 Å². The average molecular weight is 258 g/mol. The summed E-state index contributed by atoms with van der Waals surface area (Å²) in [5.74, 6) is 0. The zero-order valence-electron chi connectivity index (χ0n) is 12.5. The third kappa shape index (κ3) is 7.39. The summed E-state index contributed by atoms with van der Waals surface area (Å²) >= 11 is 0. The standard InChI is InChI=1S/C14H31N2P/c1-14(2,3)13-16-10-8-15(9-11-16)7-6-12-17(4)5/h6-13H2,1-5H3. The summed E-state index contributed by atoms with van der Waals surface area (Å²) in [7, 11) is 0.308. The Balaban J connectivity index is 2.13. The summed E-state index contributed by atoms with van der Waals surface area (Å²) in [6.07, 6.45) is 2.84. The largest absolute Gasteiger partial charge is 0.301 e. The van der Waals surface area contributed by atoms with Gasteiger partial charge in [-0.15, -0.1) is 7.92 Å². The second kappa shape index (κ2) is 7.07. The highest BCUT2D eigenvalue weighted by molar-refractivity contribution is 7.55. The van der Waals surface area contributed by atoms with Gasteiger partial charge in [0.25, 0.3) is 0 Å². The van der Waals surface area contributed by atoms with Crippen LogP contribution in [-0.2, 0) is 0 Å². The Morgan fingerprint density at radius 3 is 1.94 bits per heavy atom. The Kier molecular flexibility index (Phi) is 6.40. The predicted molar refractivity (Wildman–Crippen MR) is 80.6 cm³/mol. The van der Waals surface area contributed by atoms with Gasteiger partial charge in [-0.3, -0.25) is 0 Å². The molecule has 1 saturated heterocycles. The van der Waals surface area contributed by atoms with Gasteiger partial charge < -0.3 is 9.80 Å². The maximum atomic E-state index is 2.65. The van der Waals surface area contributed by atoms with E-state index < -0.39 is 0 Å². The molecule has 1 heterocycles. The molecule has 0 aromatic rings. The molecule has 0 atom stereocenters. The van der Waals surface area contributed by atoms with Gasteiger partial charge in [-0.2, -0.15) is 0 Å². The van der Waals surface area contributed by atoms with Crippen LogP contribution >= 0.6 is 7.92 Å². The van der Waals surface area contributed by atoms with E-state index in [-0.39, 0.29) is 0 Å². The van der Waals surface area contributed by atoms with Gasteiger partial charge in [-0.05, 0) is 37.9 Å². The van der Waals surface area contributed by atoms with Crippen LogP contribution in [-0.4, -0.2) is 68.6 Å². The average Bonchev–Trinajstić information content (AvgIpc) is 2.18. The third-order valence-corrected chi connectivity index (χ3v) is 4.45. The van der Waals surface area contributed by atoms with Crippen molar-refractivity contribution >= 4 is 7.92 Å². The first-order valence-electron chi connectivity index (χ1n) is 6.96. The van der Waals surface area contributed by atoms with Crippen LogP contribution in [0.15, 0.2) is 0 Å². The normalized spacial score (nSPS) is 20.1. The highest BCUT2D eigenvalue weighted by Crippen LogP contribution is 2.25. The number of hydrogen-bond acceptors (Lipinski definition) is 2. The Labute approximate surface area is 109 Å². The molecule has 102 valence electrons. The van der Waals surface area contributed by atoms with Crippen LogP contribution in [0.25, 0.3) is 0 Å². The minimum Gasteiger partial charge on any atom is -0.301 e. The number of nitrogens with zero attached hydrogens (tertiary/aromatic N) is 2. The second-order valence-electron chi connectivity index (χ2n) is 6.84. The molecule has 1 rings (SSSR count). The Morgan fingerprint density at radius 2 is 1.47 bits per heavy atom. The maximum absolute atomic E-state index is 2.65. The zero-order chi connectivity index (χ0) is 12.9. The Morgan fingerprint density at radius 1 is 0.941 bits per heavy atom. The molecular weight excluding hydrogens is 227 g/mol. The minimum atomic E-state index is 0.308. The van der Waals surface area contributed by atoms with E-state index in [0.29, 0.717) is 13.3 Å². The summed E-state index contributed by atoms with van der Waals surface area (Å²) in [4.78, 5) is 5.28. The third-order valence-electron chi connectivity index (χ3n) is 3.24. The minimum absolute atomic E-state index is 0.308. The zero-order valence-corrected chi connectivity index (χ0v) is 13.4. The molecular formula is C14H31N2P. The summed E-state index contributed by atoms with van der Waals surface area (Å²) in [5.41, 5.74) is 0.447. The summed E-state index contributed by atoms with van der Waals surface area (Å²) in [6.45, 7) is 19.4. The molecule has 0 amide bonds. The van der Waals surface area contributed by atoms with E-state index in [1.807, 2.05) is 0 Å². The highest BCUT2D eigenvalue weighted by Gasteiger charge is 2.21. The van der Waals surface area contributed by atoms with Crippen molar-refractivity contribution in [3.63, 3.8) is 0 Å². The monoisotopic (exact) mass is 258 g/mol. The van der Waals surface area contributed by atoms with Gasteiger partial charge in [0, 0.05) is 32.7 Å². The lowest BCUT2D eigenvalue weighted by molar-refractivity contribution is 0.103. The predicted octanol–water partition coefficient (Wildman–Crippen LogP) is 2.78. The fourth-order valence-corrected chi connectivity index (χ4v) is 3.23. The van der Waals surface area contributed by atoms with Gasteiger partial charge in [0.15, 0.2) is 0 Å². The van der Waals surface area contributed by atoms with Crippen molar-refractivity contribution in [1.82, 2.24) is 9.80 Å². The molecule has 1 fully saturated rings. The topological polar surface area (TPSA) is 6.48 Å². The van der Waals surface area contributed by atoms with Crippen LogP contribution in [0.2, 0.25) is 0 Å². The molecule has 0 N–H and O–H groups in total. The van der Waals surface area contributed by atoms with Crippen molar-refractivity contribution in [2.24, 2.45) is 5.41 Å². The number of piperazine rings is 1. The molecule has 0 aromatic carbocycles. The van der Waals surface area contributed by atoms with Crippen molar-refractivity contribution in [3.8, 4) is 0 Å². The van der Waals surface area contributed by atoms with Crippen LogP contribution in [0, 0.1) is 5.41 Å². The Bertz CT molecular complexity index is 203. The molecule has 0 bridgehead atoms. The molecule has 0 aliphatic carbocycles. The van der Waals surface area contributed by atoms with E-state index in [9.17, 15) is 0 Å². The van der Waals surface area contributed by atoms with Gasteiger partial charge in [0.2, 0.25) is 0 Å². The first-order valence-corrected chi connectivity index (χ1v) is 9.38. The highest BCUT2D eigenvalue weighted by atomic mass is 31.1. The second-order valence-corrected chi connectivity index (χ2v) is 9.44. The smallest absolute Gasteiger partial charge is 0.0110 e. The molecule has 0 spiro atoms. The first kappa shape index (κ1) is 15.4. The quantitative estimate of drug-likeness (QED) is 0.700. The molecule has 0 unspecified atom stereocenters. The molecule has 0 saturated carbocycles. The fourth-order valence-electron chi connectivity index (χ4n) is 2.45. The fraction of sp³-hybridized carbons (Fsp3) is 1.00. The van der Waals surface area contributed by atoms with E-state index in [4.69, 9.17) is 0 Å². The van der Waals surface area contributed by atoms with E-state index >= 15 is 0 Å². The van der Waals surface area contributed by atoms with Crippen LogP contribution < -0.4 is 0 Å². The molecule has 1 aliphatic heterocycles. The van der Waals surface area contributed by atoms with E-state index in [2.05, 4.69) is 43.9 Å². The summed E-state index contributed by atoms with van der Waals surface area (Å²) in [5, 5.41) is 0. The van der Waals surface area contributed by atoms with Crippen LogP contribution in [0.5, 0.6) is 0 Å². The van der Waals surface area contributed by atoms with Gasteiger partial charge in [-0.25, -0.2) is 0 Å². The SMILES string of the molecule is CP(C)CCCN1CCN(CC(C)(C)C)CC1. The first-order chi connectivity index (χ1) is 7.87. The van der Waals surface area contributed by atoms with Crippen LogP contribution in [0.4, 0.5) is 0 Å². The summed E-state index contributed by atoms with van der Waals surface area (Å²) in [6, 6.07) is 0. The van der Waals surface area contributed by atoms with Crippen molar-refractivity contribution in [3.05, 3.63) is 0 Å². The number of hydrogen-bond donors (Lipinski definition) is 0. The lowest BCUT2D eigenvalue weighted by Crippen LogP contribution is -2.48. The van der Waals surface area contributed by atoms with E-state index in [1.54, 1.807) is 0 Å². The van der Waals surface area contributed by atoms with Gasteiger partial charge in [0.05, 0.1) is 0 Å². The molecule has 3 heteroatoms.